The van der Waals surface area contributed by atoms with Crippen LogP contribution in [0.2, 0.25) is 0 Å². The van der Waals surface area contributed by atoms with Crippen LogP contribution in [0, 0.1) is 0 Å². The zero-order valence-electron chi connectivity index (χ0n) is 10.4. The first-order valence-corrected chi connectivity index (χ1v) is 5.83. The van der Waals surface area contributed by atoms with Gasteiger partial charge in [-0.25, -0.2) is 0 Å². The highest BCUT2D eigenvalue weighted by Crippen LogP contribution is 2.28. The van der Waals surface area contributed by atoms with E-state index in [1.54, 1.807) is 24.4 Å². The van der Waals surface area contributed by atoms with Crippen LogP contribution in [0.4, 0.5) is 13.2 Å². The van der Waals surface area contributed by atoms with Crippen molar-refractivity contribution in [2.45, 2.75) is 18.4 Å². The Morgan fingerprint density at radius 3 is 2.60 bits per heavy atom. The van der Waals surface area contributed by atoms with Gasteiger partial charge in [-0.15, -0.1) is 13.2 Å². The highest BCUT2D eigenvalue weighted by molar-refractivity contribution is 5.37. The summed E-state index contributed by atoms with van der Waals surface area (Å²) in [6.07, 6.45) is 0.0834. The quantitative estimate of drug-likeness (QED) is 0.791. The number of nitrogens with one attached hydrogen (secondary N) is 1. The first-order chi connectivity index (χ1) is 9.27. The summed E-state index contributed by atoms with van der Waals surface area (Å²) >= 11 is 0. The van der Waals surface area contributed by atoms with Crippen LogP contribution in [-0.4, -0.2) is 12.0 Å². The number of hydrogen-bond acceptors (Lipinski definition) is 4. The Bertz CT molecular complexity index is 554. The highest BCUT2D eigenvalue weighted by atomic mass is 19.4. The largest absolute Gasteiger partial charge is 0.573 e. The number of nitrogens with two attached hydrogens (primary N) is 2. The van der Waals surface area contributed by atoms with Crippen molar-refractivity contribution < 1.29 is 17.9 Å². The second-order valence-corrected chi connectivity index (χ2v) is 4.49. The van der Waals surface area contributed by atoms with Crippen molar-refractivity contribution in [1.29, 1.82) is 0 Å². The molecule has 1 aliphatic heterocycles. The fourth-order valence-electron chi connectivity index (χ4n) is 1.97. The summed E-state index contributed by atoms with van der Waals surface area (Å²) in [7, 11) is 0. The van der Waals surface area contributed by atoms with Gasteiger partial charge >= 0.3 is 6.36 Å². The lowest BCUT2D eigenvalue weighted by Crippen LogP contribution is -2.53. The summed E-state index contributed by atoms with van der Waals surface area (Å²) in [5, 5.41) is 2.87. The third-order valence-corrected chi connectivity index (χ3v) is 2.73. The molecule has 1 aromatic carbocycles. The third-order valence-electron chi connectivity index (χ3n) is 2.73. The fourth-order valence-corrected chi connectivity index (χ4v) is 1.97. The Morgan fingerprint density at radius 2 is 1.95 bits per heavy atom. The first-order valence-electron chi connectivity index (χ1n) is 5.83. The van der Waals surface area contributed by atoms with Crippen LogP contribution in [0.3, 0.4) is 0 Å². The van der Waals surface area contributed by atoms with E-state index in [0.717, 1.165) is 0 Å². The lowest BCUT2D eigenvalue weighted by atomic mass is 9.97. The summed E-state index contributed by atoms with van der Waals surface area (Å²) in [5.41, 5.74) is 11.4. The molecule has 0 amide bonds. The van der Waals surface area contributed by atoms with Gasteiger partial charge in [0.05, 0.1) is 0 Å². The smallest absolute Gasteiger partial charge is 0.406 e. The maximum Gasteiger partial charge on any atom is 0.573 e. The molecule has 0 bridgehead atoms. The van der Waals surface area contributed by atoms with Gasteiger partial charge in [0.15, 0.2) is 0 Å². The van der Waals surface area contributed by atoms with E-state index in [1.807, 2.05) is 0 Å². The van der Waals surface area contributed by atoms with Crippen LogP contribution in [0.15, 0.2) is 48.3 Å². The van der Waals surface area contributed by atoms with Crippen LogP contribution in [0.25, 0.3) is 0 Å². The second kappa shape index (κ2) is 5.09. The number of rotatable bonds is 3. The number of para-hydroxylation sites is 1. The molecule has 0 saturated heterocycles. The Labute approximate surface area is 113 Å². The zero-order valence-corrected chi connectivity index (χ0v) is 10.4. The van der Waals surface area contributed by atoms with Crippen molar-refractivity contribution in [1.82, 2.24) is 5.32 Å². The van der Waals surface area contributed by atoms with Gasteiger partial charge in [0.2, 0.25) is 0 Å². The summed E-state index contributed by atoms with van der Waals surface area (Å²) in [6, 6.07) is 5.86. The van der Waals surface area contributed by atoms with Crippen molar-refractivity contribution in [2.24, 2.45) is 11.5 Å². The summed E-state index contributed by atoms with van der Waals surface area (Å²) in [6.45, 7) is 0. The Balaban J connectivity index is 2.24. The molecular formula is C13H14F3N3O. The van der Waals surface area contributed by atoms with Gasteiger partial charge in [-0.05, 0) is 23.8 Å². The molecular weight excluding hydrogens is 271 g/mol. The molecule has 0 aliphatic carbocycles. The Hall–Kier alpha value is -2.15. The van der Waals surface area contributed by atoms with E-state index in [0.29, 0.717) is 11.3 Å². The minimum atomic E-state index is -4.74. The molecule has 108 valence electrons. The van der Waals surface area contributed by atoms with E-state index < -0.39 is 12.0 Å². The number of dihydropyridines is 1. The van der Waals surface area contributed by atoms with Gasteiger partial charge in [-0.2, -0.15) is 0 Å². The van der Waals surface area contributed by atoms with E-state index in [4.69, 9.17) is 11.5 Å². The average Bonchev–Trinajstić information content (AvgIpc) is 2.29. The SMILES string of the molecule is NC1=CC(N)(Cc2ccccc2OC(F)(F)F)NC=C1. The van der Waals surface area contributed by atoms with Gasteiger partial charge < -0.3 is 21.5 Å². The molecule has 1 aliphatic rings. The minimum Gasteiger partial charge on any atom is -0.406 e. The number of allylic oxidation sites excluding steroid dienone is 1. The normalized spacial score (nSPS) is 22.1. The molecule has 1 unspecified atom stereocenters. The van der Waals surface area contributed by atoms with Crippen LogP contribution >= 0.6 is 0 Å². The van der Waals surface area contributed by atoms with E-state index in [2.05, 4.69) is 10.1 Å². The zero-order chi connectivity index (χ0) is 14.8. The molecule has 0 spiro atoms. The predicted octanol–water partition coefficient (Wildman–Crippen LogP) is 1.74. The van der Waals surface area contributed by atoms with Crippen molar-refractivity contribution in [3.8, 4) is 5.75 Å². The van der Waals surface area contributed by atoms with Crippen molar-refractivity contribution in [3.63, 3.8) is 0 Å². The second-order valence-electron chi connectivity index (χ2n) is 4.49. The molecule has 20 heavy (non-hydrogen) atoms. The Kier molecular flexibility index (Phi) is 3.63. The molecule has 0 fully saturated rings. The third kappa shape index (κ3) is 3.67. The van der Waals surface area contributed by atoms with Gasteiger partial charge in [0.25, 0.3) is 0 Å². The molecule has 7 heteroatoms. The molecule has 2 rings (SSSR count). The molecule has 5 N–H and O–H groups in total. The summed E-state index contributed by atoms with van der Waals surface area (Å²) < 4.78 is 41.0. The van der Waals surface area contributed by atoms with E-state index >= 15 is 0 Å². The van der Waals surface area contributed by atoms with Crippen LogP contribution < -0.4 is 21.5 Å². The Morgan fingerprint density at radius 1 is 1.25 bits per heavy atom. The van der Waals surface area contributed by atoms with Crippen LogP contribution in [0.1, 0.15) is 5.56 Å². The first kappa shape index (κ1) is 14.3. The van der Waals surface area contributed by atoms with Crippen LogP contribution in [-0.2, 0) is 6.42 Å². The molecule has 1 aromatic rings. The maximum atomic E-state index is 12.3. The molecule has 0 saturated carbocycles. The van der Waals surface area contributed by atoms with Gasteiger partial charge in [0, 0.05) is 18.3 Å². The number of hydrogen-bond donors (Lipinski definition) is 3. The molecule has 1 heterocycles. The van der Waals surface area contributed by atoms with Crippen molar-refractivity contribution >= 4 is 0 Å². The molecule has 0 aromatic heterocycles. The molecule has 4 nitrogen and oxygen atoms in total. The number of benzene rings is 1. The summed E-state index contributed by atoms with van der Waals surface area (Å²) in [5.74, 6) is -0.270. The molecule has 0 radical (unpaired) electrons. The minimum absolute atomic E-state index is 0.101. The standard InChI is InChI=1S/C13H14F3N3O/c14-13(15,16)20-11-4-2-1-3-9(11)7-12(18)8-10(17)5-6-19-12/h1-6,8,19H,7,17-18H2. The lowest BCUT2D eigenvalue weighted by molar-refractivity contribution is -0.274. The highest BCUT2D eigenvalue weighted by Gasteiger charge is 2.33. The van der Waals surface area contributed by atoms with Crippen LogP contribution in [0.5, 0.6) is 5.75 Å². The van der Waals surface area contributed by atoms with Gasteiger partial charge in [0.1, 0.15) is 11.4 Å². The average molecular weight is 285 g/mol. The van der Waals surface area contributed by atoms with Gasteiger partial charge in [-0.3, -0.25) is 0 Å². The number of ether oxygens (including phenoxy) is 1. The van der Waals surface area contributed by atoms with Crippen molar-refractivity contribution in [3.05, 3.63) is 53.9 Å². The predicted molar refractivity (Wildman–Crippen MR) is 68.3 cm³/mol. The summed E-state index contributed by atoms with van der Waals surface area (Å²) in [4.78, 5) is 0. The lowest BCUT2D eigenvalue weighted by Gasteiger charge is -2.30. The fraction of sp³-hybridized carbons (Fsp3) is 0.231. The van der Waals surface area contributed by atoms with E-state index in [1.165, 1.54) is 18.2 Å². The van der Waals surface area contributed by atoms with Gasteiger partial charge in [-0.1, -0.05) is 18.2 Å². The monoisotopic (exact) mass is 285 g/mol. The maximum absolute atomic E-state index is 12.3. The van der Waals surface area contributed by atoms with Crippen molar-refractivity contribution in [2.75, 3.05) is 0 Å². The number of alkyl halides is 3. The van der Waals surface area contributed by atoms with E-state index in [9.17, 15) is 13.2 Å². The topological polar surface area (TPSA) is 73.3 Å². The van der Waals surface area contributed by atoms with E-state index in [-0.39, 0.29) is 12.2 Å². The molecule has 1 atom stereocenters. The number of halogens is 3.